The summed E-state index contributed by atoms with van der Waals surface area (Å²) in [7, 11) is 1.53. The molecule has 1 fully saturated rings. The van der Waals surface area contributed by atoms with Gasteiger partial charge in [-0.2, -0.15) is 0 Å². The fraction of sp³-hybridized carbons (Fsp3) is 0.421. The molecule has 0 radical (unpaired) electrons. The predicted octanol–water partition coefficient (Wildman–Crippen LogP) is 0.431. The number of rotatable bonds is 4. The molecule has 28 heavy (non-hydrogen) atoms. The van der Waals surface area contributed by atoms with Crippen LogP contribution in [0, 0.1) is 0 Å². The minimum atomic E-state index is -0.691. The highest BCUT2D eigenvalue weighted by Crippen LogP contribution is 2.38. The van der Waals surface area contributed by atoms with Crippen molar-refractivity contribution in [2.24, 2.45) is 0 Å². The van der Waals surface area contributed by atoms with Gasteiger partial charge >= 0.3 is 12.0 Å². The summed E-state index contributed by atoms with van der Waals surface area (Å²) >= 11 is 0. The van der Waals surface area contributed by atoms with Gasteiger partial charge in [0.2, 0.25) is 5.91 Å². The van der Waals surface area contributed by atoms with Crippen molar-refractivity contribution in [1.29, 1.82) is 0 Å². The predicted molar refractivity (Wildman–Crippen MR) is 96.4 cm³/mol. The van der Waals surface area contributed by atoms with Crippen molar-refractivity contribution in [2.75, 3.05) is 46.6 Å². The van der Waals surface area contributed by atoms with Gasteiger partial charge in [-0.1, -0.05) is 18.2 Å². The summed E-state index contributed by atoms with van der Waals surface area (Å²) in [6, 6.07) is 6.02. The molecule has 3 aliphatic heterocycles. The van der Waals surface area contributed by atoms with Gasteiger partial charge < -0.3 is 24.4 Å². The van der Waals surface area contributed by atoms with Crippen molar-refractivity contribution < 1.29 is 28.6 Å². The summed E-state index contributed by atoms with van der Waals surface area (Å²) in [5.41, 5.74) is 1.41. The second kappa shape index (κ2) is 7.51. The van der Waals surface area contributed by atoms with Crippen molar-refractivity contribution in [2.45, 2.75) is 6.04 Å². The molecule has 1 atom stereocenters. The van der Waals surface area contributed by atoms with Crippen molar-refractivity contribution in [1.82, 2.24) is 15.1 Å². The first kappa shape index (κ1) is 18.3. The molecular weight excluding hydrogens is 366 g/mol. The van der Waals surface area contributed by atoms with Gasteiger partial charge in [-0.05, 0) is 6.07 Å². The number of ether oxygens (including phenoxy) is 3. The summed E-state index contributed by atoms with van der Waals surface area (Å²) in [4.78, 5) is 40.8. The number of hydrogen-bond donors (Lipinski definition) is 1. The Hall–Kier alpha value is -3.07. The van der Waals surface area contributed by atoms with E-state index >= 15 is 0 Å². The third-order valence-electron chi connectivity index (χ3n) is 5.11. The van der Waals surface area contributed by atoms with E-state index in [0.717, 1.165) is 0 Å². The first-order valence-corrected chi connectivity index (χ1v) is 9.06. The average Bonchev–Trinajstić information content (AvgIpc) is 3.12. The van der Waals surface area contributed by atoms with Gasteiger partial charge in [-0.3, -0.25) is 9.69 Å². The number of benzene rings is 1. The number of esters is 1. The SMILES string of the molecule is COc1ccccc1[C@H]1NC(=O)N(CC(=O)N2CCOCC2)C2=C1C(=O)OC2. The Kier molecular flexibility index (Phi) is 4.91. The molecule has 0 spiro atoms. The molecule has 3 aliphatic rings. The van der Waals surface area contributed by atoms with Crippen molar-refractivity contribution in [3.8, 4) is 5.75 Å². The van der Waals surface area contributed by atoms with Crippen molar-refractivity contribution in [3.05, 3.63) is 41.1 Å². The third kappa shape index (κ3) is 3.18. The fourth-order valence-electron chi connectivity index (χ4n) is 3.66. The first-order chi connectivity index (χ1) is 13.6. The highest BCUT2D eigenvalue weighted by molar-refractivity contribution is 5.98. The zero-order valence-corrected chi connectivity index (χ0v) is 15.5. The largest absolute Gasteiger partial charge is 0.496 e. The summed E-state index contributed by atoms with van der Waals surface area (Å²) < 4.78 is 15.8. The molecule has 1 aromatic rings. The molecule has 0 aliphatic carbocycles. The quantitative estimate of drug-likeness (QED) is 0.753. The standard InChI is InChI=1S/C19H21N3O6/c1-26-14-5-3-2-4-12(14)17-16-13(11-28-18(16)24)22(19(25)20-17)10-15(23)21-6-8-27-9-7-21/h2-5,17H,6-11H2,1H3,(H,20,25)/t17-/m1/s1. The Bertz CT molecular complexity index is 846. The number of amides is 3. The third-order valence-corrected chi connectivity index (χ3v) is 5.11. The van der Waals surface area contributed by atoms with Gasteiger partial charge in [0.25, 0.3) is 0 Å². The Labute approximate surface area is 161 Å². The topological polar surface area (TPSA) is 97.4 Å². The van der Waals surface area contributed by atoms with Crippen molar-refractivity contribution in [3.63, 3.8) is 0 Å². The van der Waals surface area contributed by atoms with Gasteiger partial charge in [0, 0.05) is 18.7 Å². The van der Waals surface area contributed by atoms with Crippen LogP contribution in [0.5, 0.6) is 5.75 Å². The zero-order valence-electron chi connectivity index (χ0n) is 15.5. The minimum absolute atomic E-state index is 0.0381. The second-order valence-corrected chi connectivity index (χ2v) is 6.64. The Morgan fingerprint density at radius 2 is 2.00 bits per heavy atom. The maximum absolute atomic E-state index is 12.8. The van der Waals surface area contributed by atoms with E-state index in [-0.39, 0.29) is 19.1 Å². The number of para-hydroxylation sites is 1. The van der Waals surface area contributed by atoms with Crippen LogP contribution in [0.1, 0.15) is 11.6 Å². The molecule has 0 saturated carbocycles. The molecule has 1 saturated heterocycles. The number of carbonyl (C=O) groups is 3. The molecule has 9 heteroatoms. The molecule has 9 nitrogen and oxygen atoms in total. The number of morpholine rings is 1. The molecular formula is C19H21N3O6. The number of methoxy groups -OCH3 is 1. The first-order valence-electron chi connectivity index (χ1n) is 9.06. The number of cyclic esters (lactones) is 1. The number of nitrogens with one attached hydrogen (secondary N) is 1. The molecule has 148 valence electrons. The van der Waals surface area contributed by atoms with Crippen LogP contribution >= 0.6 is 0 Å². The van der Waals surface area contributed by atoms with Crippen LogP contribution in [0.15, 0.2) is 35.5 Å². The Balaban J connectivity index is 1.65. The fourth-order valence-corrected chi connectivity index (χ4v) is 3.66. The summed E-state index contributed by atoms with van der Waals surface area (Å²) in [6.45, 7) is 1.73. The summed E-state index contributed by atoms with van der Waals surface area (Å²) in [5, 5.41) is 2.82. The van der Waals surface area contributed by atoms with E-state index in [4.69, 9.17) is 14.2 Å². The van der Waals surface area contributed by atoms with Crippen LogP contribution in [0.3, 0.4) is 0 Å². The lowest BCUT2D eigenvalue weighted by molar-refractivity contribution is -0.136. The lowest BCUT2D eigenvalue weighted by Crippen LogP contribution is -2.52. The Morgan fingerprint density at radius 3 is 2.75 bits per heavy atom. The van der Waals surface area contributed by atoms with E-state index in [0.29, 0.717) is 48.9 Å². The smallest absolute Gasteiger partial charge is 0.338 e. The van der Waals surface area contributed by atoms with Crippen molar-refractivity contribution >= 4 is 17.9 Å². The highest BCUT2D eigenvalue weighted by Gasteiger charge is 2.43. The van der Waals surface area contributed by atoms with Crippen LogP contribution in [0.25, 0.3) is 0 Å². The summed E-state index contributed by atoms with van der Waals surface area (Å²) in [5.74, 6) is -0.146. The number of carbonyl (C=O) groups excluding carboxylic acids is 3. The molecule has 0 bridgehead atoms. The van der Waals surface area contributed by atoms with E-state index in [1.807, 2.05) is 6.07 Å². The van der Waals surface area contributed by atoms with Crippen LogP contribution in [0.2, 0.25) is 0 Å². The molecule has 1 N–H and O–H groups in total. The van der Waals surface area contributed by atoms with Gasteiger partial charge in [0.05, 0.1) is 37.6 Å². The monoisotopic (exact) mass is 387 g/mol. The van der Waals surface area contributed by atoms with E-state index < -0.39 is 18.0 Å². The zero-order chi connectivity index (χ0) is 19.7. The number of nitrogens with zero attached hydrogens (tertiary/aromatic N) is 2. The van der Waals surface area contributed by atoms with Gasteiger partial charge in [-0.25, -0.2) is 9.59 Å². The molecule has 0 aromatic heterocycles. The maximum atomic E-state index is 12.8. The van der Waals surface area contributed by atoms with Crippen LogP contribution in [0.4, 0.5) is 4.79 Å². The lowest BCUT2D eigenvalue weighted by atomic mass is 9.95. The van der Waals surface area contributed by atoms with E-state index in [1.54, 1.807) is 23.1 Å². The average molecular weight is 387 g/mol. The van der Waals surface area contributed by atoms with E-state index in [9.17, 15) is 14.4 Å². The van der Waals surface area contributed by atoms with E-state index in [1.165, 1.54) is 12.0 Å². The minimum Gasteiger partial charge on any atom is -0.496 e. The summed E-state index contributed by atoms with van der Waals surface area (Å²) in [6.07, 6.45) is 0. The van der Waals surface area contributed by atoms with Crippen LogP contribution in [-0.2, 0) is 19.1 Å². The molecule has 3 heterocycles. The number of hydrogen-bond acceptors (Lipinski definition) is 6. The lowest BCUT2D eigenvalue weighted by Gasteiger charge is -2.35. The molecule has 3 amide bonds. The highest BCUT2D eigenvalue weighted by atomic mass is 16.5. The van der Waals surface area contributed by atoms with Gasteiger partial charge in [0.1, 0.15) is 18.9 Å². The van der Waals surface area contributed by atoms with E-state index in [2.05, 4.69) is 5.32 Å². The second-order valence-electron chi connectivity index (χ2n) is 6.64. The molecule has 4 rings (SSSR count). The molecule has 1 aromatic carbocycles. The Morgan fingerprint density at radius 1 is 1.25 bits per heavy atom. The van der Waals surface area contributed by atoms with Gasteiger partial charge in [0.15, 0.2) is 0 Å². The maximum Gasteiger partial charge on any atom is 0.338 e. The number of urea groups is 1. The van der Waals surface area contributed by atoms with Gasteiger partial charge in [-0.15, -0.1) is 0 Å². The normalized spacial score (nSPS) is 22.0. The van der Waals surface area contributed by atoms with Crippen LogP contribution < -0.4 is 10.1 Å². The van der Waals surface area contributed by atoms with Crippen LogP contribution in [-0.4, -0.2) is 74.3 Å². The molecule has 0 unspecified atom stereocenters.